The topological polar surface area (TPSA) is 138 Å². The van der Waals surface area contributed by atoms with E-state index in [0.29, 0.717) is 54.6 Å². The van der Waals surface area contributed by atoms with Crippen molar-refractivity contribution in [1.29, 1.82) is 0 Å². The number of aromatic nitrogens is 5. The van der Waals surface area contributed by atoms with Crippen LogP contribution in [0.5, 0.6) is 0 Å². The summed E-state index contributed by atoms with van der Waals surface area (Å²) in [5, 5.41) is 7.98. The fourth-order valence-electron chi connectivity index (χ4n) is 6.93. The van der Waals surface area contributed by atoms with Gasteiger partial charge < -0.3 is 19.9 Å². The van der Waals surface area contributed by atoms with Crippen molar-refractivity contribution in [3.05, 3.63) is 89.3 Å². The molecule has 0 unspecified atom stereocenters. The molecular formula is C37H40FN9O4. The summed E-state index contributed by atoms with van der Waals surface area (Å²) in [6.07, 6.45) is 7.31. The summed E-state index contributed by atoms with van der Waals surface area (Å²) in [7, 11) is 2.88. The molecule has 14 heteroatoms. The predicted octanol–water partition coefficient (Wildman–Crippen LogP) is 3.07. The number of nitrogens with one attached hydrogen (secondary N) is 1. The number of piperidine rings is 1. The van der Waals surface area contributed by atoms with Crippen molar-refractivity contribution in [2.75, 3.05) is 66.5 Å². The number of benzene rings is 2. The van der Waals surface area contributed by atoms with Gasteiger partial charge in [0, 0.05) is 76.4 Å². The molecule has 5 heterocycles. The molecule has 2 fully saturated rings. The highest BCUT2D eigenvalue weighted by molar-refractivity contribution is 5.97. The summed E-state index contributed by atoms with van der Waals surface area (Å²) in [4.78, 5) is 57.0. The van der Waals surface area contributed by atoms with Crippen molar-refractivity contribution < 1.29 is 23.5 Å². The van der Waals surface area contributed by atoms with Crippen LogP contribution in [0.2, 0.25) is 0 Å². The van der Waals surface area contributed by atoms with Gasteiger partial charge >= 0.3 is 5.97 Å². The third-order valence-corrected chi connectivity index (χ3v) is 9.88. The maximum atomic E-state index is 14.7. The Morgan fingerprint density at radius 2 is 1.67 bits per heavy atom. The van der Waals surface area contributed by atoms with Crippen LogP contribution in [-0.2, 0) is 16.0 Å². The Kier molecular flexibility index (Phi) is 9.95. The molecule has 264 valence electrons. The zero-order valence-electron chi connectivity index (χ0n) is 28.7. The van der Waals surface area contributed by atoms with Gasteiger partial charge in [-0.3, -0.25) is 24.3 Å². The number of hydrogen-bond donors (Lipinski definition) is 1. The van der Waals surface area contributed by atoms with Gasteiger partial charge in [-0.25, -0.2) is 18.9 Å². The Hall–Kier alpha value is -5.34. The summed E-state index contributed by atoms with van der Waals surface area (Å²) < 4.78 is 21.1. The maximum Gasteiger partial charge on any atom is 0.319 e. The lowest BCUT2D eigenvalue weighted by molar-refractivity contribution is -0.142. The molecule has 2 aliphatic heterocycles. The fourth-order valence-corrected chi connectivity index (χ4v) is 6.93. The van der Waals surface area contributed by atoms with Crippen LogP contribution in [0.25, 0.3) is 27.9 Å². The highest BCUT2D eigenvalue weighted by Crippen LogP contribution is 2.24. The number of imidazole rings is 1. The number of piperazine rings is 1. The van der Waals surface area contributed by atoms with Crippen LogP contribution in [0.15, 0.2) is 61.1 Å². The van der Waals surface area contributed by atoms with Crippen molar-refractivity contribution in [3.8, 4) is 11.3 Å². The zero-order chi connectivity index (χ0) is 35.5. The highest BCUT2D eigenvalue weighted by Gasteiger charge is 2.27. The van der Waals surface area contributed by atoms with Crippen LogP contribution in [0.1, 0.15) is 44.8 Å². The molecule has 2 amide bonds. The van der Waals surface area contributed by atoms with E-state index in [4.69, 9.17) is 4.74 Å². The Balaban J connectivity index is 0.989. The number of fused-ring (bicyclic) bond motifs is 2. The van der Waals surface area contributed by atoms with Crippen LogP contribution >= 0.6 is 0 Å². The predicted molar refractivity (Wildman–Crippen MR) is 188 cm³/mol. The van der Waals surface area contributed by atoms with Gasteiger partial charge in [0.25, 0.3) is 17.6 Å². The van der Waals surface area contributed by atoms with E-state index in [2.05, 4.69) is 35.2 Å². The van der Waals surface area contributed by atoms with Crippen molar-refractivity contribution >= 4 is 34.5 Å². The number of ether oxygens (including phenoxy) is 1. The highest BCUT2D eigenvalue weighted by atomic mass is 19.1. The van der Waals surface area contributed by atoms with Crippen LogP contribution < -0.4 is 5.32 Å². The number of nitrogens with zero attached hydrogens (tertiary/aromatic N) is 8. The molecule has 51 heavy (non-hydrogen) atoms. The number of halogens is 1. The van der Waals surface area contributed by atoms with Crippen LogP contribution in [0, 0.1) is 11.7 Å². The molecule has 2 aliphatic rings. The lowest BCUT2D eigenvalue weighted by Crippen LogP contribution is -2.50. The number of hydrogen-bond acceptors (Lipinski definition) is 10. The number of carbonyl (C=O) groups excluding carboxylic acids is 3. The first kappa shape index (κ1) is 34.1. The molecular weight excluding hydrogens is 653 g/mol. The number of amides is 2. The lowest BCUT2D eigenvalue weighted by Gasteiger charge is -2.38. The number of carbonyl (C=O) groups is 3. The minimum Gasteiger partial charge on any atom is -0.468 e. The summed E-state index contributed by atoms with van der Waals surface area (Å²) in [6.45, 7) is 6.37. The summed E-state index contributed by atoms with van der Waals surface area (Å²) in [5.41, 5.74) is 4.01. The maximum absolute atomic E-state index is 14.7. The van der Waals surface area contributed by atoms with E-state index in [0.717, 1.165) is 67.7 Å². The lowest BCUT2D eigenvalue weighted by atomic mass is 9.95. The van der Waals surface area contributed by atoms with E-state index < -0.39 is 11.7 Å². The quantitative estimate of drug-likeness (QED) is 0.229. The number of likely N-dealkylation sites (tertiary alicyclic amines) is 1. The van der Waals surface area contributed by atoms with E-state index in [9.17, 15) is 18.8 Å². The first-order valence-corrected chi connectivity index (χ1v) is 17.2. The van der Waals surface area contributed by atoms with Gasteiger partial charge in [0.1, 0.15) is 11.5 Å². The molecule has 0 aliphatic carbocycles. The number of esters is 1. The Morgan fingerprint density at radius 1 is 0.902 bits per heavy atom. The van der Waals surface area contributed by atoms with Crippen molar-refractivity contribution in [2.24, 2.45) is 5.92 Å². The molecule has 7 rings (SSSR count). The first-order chi connectivity index (χ1) is 24.8. The Labute approximate surface area is 294 Å². The molecule has 13 nitrogen and oxygen atoms in total. The molecule has 5 aromatic rings. The molecule has 0 spiro atoms. The smallest absolute Gasteiger partial charge is 0.319 e. The molecule has 2 saturated heterocycles. The largest absolute Gasteiger partial charge is 0.468 e. The van der Waals surface area contributed by atoms with Crippen molar-refractivity contribution in [2.45, 2.75) is 19.3 Å². The second-order valence-corrected chi connectivity index (χ2v) is 13.2. The van der Waals surface area contributed by atoms with Gasteiger partial charge in [-0.15, -0.1) is 0 Å². The molecule has 0 bridgehead atoms. The van der Waals surface area contributed by atoms with E-state index in [-0.39, 0.29) is 17.4 Å². The normalized spacial score (nSPS) is 16.1. The minimum atomic E-state index is -0.646. The van der Waals surface area contributed by atoms with Gasteiger partial charge in [-0.2, -0.15) is 5.10 Å². The second kappa shape index (κ2) is 14.9. The average Bonchev–Trinajstić information content (AvgIpc) is 3.56. The number of methoxy groups -OCH3 is 1. The SMILES string of the molecule is CNC(=O)c1ccc(-c2cnc3ncc(Cc4ccc5ncc(C(=O)N6CCC(CN7CCN(CC(=O)OC)CC7)CC6)cc5c4)n3n2)cc1F. The molecule has 0 saturated carbocycles. The van der Waals surface area contributed by atoms with Crippen LogP contribution in [0.3, 0.4) is 0 Å². The summed E-state index contributed by atoms with van der Waals surface area (Å²) in [5.74, 6) is -0.401. The van der Waals surface area contributed by atoms with Gasteiger partial charge in [-0.05, 0) is 54.7 Å². The molecule has 0 radical (unpaired) electrons. The monoisotopic (exact) mass is 693 g/mol. The zero-order valence-corrected chi connectivity index (χ0v) is 28.7. The molecule has 2 aromatic carbocycles. The third-order valence-electron chi connectivity index (χ3n) is 9.88. The Morgan fingerprint density at radius 3 is 2.41 bits per heavy atom. The van der Waals surface area contributed by atoms with Crippen molar-refractivity contribution in [3.63, 3.8) is 0 Å². The van der Waals surface area contributed by atoms with Crippen molar-refractivity contribution in [1.82, 2.24) is 44.6 Å². The fraction of sp³-hybridized carbons (Fsp3) is 0.378. The second-order valence-electron chi connectivity index (χ2n) is 13.2. The van der Waals surface area contributed by atoms with Crippen LogP contribution in [0.4, 0.5) is 4.39 Å². The standard InChI is InChI=1S/C37H40FN9O4/c1-39-35(49)30-5-4-26(18-31(30)38)33-21-42-37-41-20-29(47(37)43-33)16-25-3-6-32-27(15-25)17-28(19-40-32)36(50)46-9-7-24(8-10-46)22-44-11-13-45(14-12-44)23-34(48)51-2/h3-6,15,17-21,24H,7-14,16,22-23H2,1-2H3,(H,39,49). The third kappa shape index (κ3) is 7.56. The molecule has 0 atom stereocenters. The summed E-state index contributed by atoms with van der Waals surface area (Å²) >= 11 is 0. The van der Waals surface area contributed by atoms with E-state index in [1.54, 1.807) is 23.0 Å². The first-order valence-electron chi connectivity index (χ1n) is 17.2. The number of rotatable bonds is 9. The average molecular weight is 694 g/mol. The van der Waals surface area contributed by atoms with E-state index >= 15 is 0 Å². The van der Waals surface area contributed by atoms with Gasteiger partial charge in [0.15, 0.2) is 0 Å². The van der Waals surface area contributed by atoms with E-state index in [1.807, 2.05) is 29.2 Å². The molecule has 1 N–H and O–H groups in total. The summed E-state index contributed by atoms with van der Waals surface area (Å²) in [6, 6.07) is 12.2. The Bertz CT molecular complexity index is 2090. The van der Waals surface area contributed by atoms with Gasteiger partial charge in [0.05, 0.1) is 48.4 Å². The van der Waals surface area contributed by atoms with Gasteiger partial charge in [-0.1, -0.05) is 12.1 Å². The van der Waals surface area contributed by atoms with Crippen LogP contribution in [-0.4, -0.2) is 124 Å². The minimum absolute atomic E-state index is 0.00550. The van der Waals surface area contributed by atoms with Gasteiger partial charge in [0.2, 0.25) is 0 Å². The number of pyridine rings is 1. The van der Waals surface area contributed by atoms with E-state index in [1.165, 1.54) is 32.5 Å². The molecule has 3 aromatic heterocycles.